The molecule has 2 aliphatic rings. The van der Waals surface area contributed by atoms with Crippen LogP contribution in [0.15, 0.2) is 18.2 Å². The molecule has 1 aromatic carbocycles. The molecule has 6 heteroatoms. The van der Waals surface area contributed by atoms with Crippen LogP contribution in [-0.2, 0) is 4.79 Å². The minimum Gasteiger partial charge on any atom is -0.349 e. The first kappa shape index (κ1) is 17.2. The van der Waals surface area contributed by atoms with Gasteiger partial charge in [-0.25, -0.2) is 8.78 Å². The maximum Gasteiger partial charge on any atom is 0.224 e. The van der Waals surface area contributed by atoms with Crippen LogP contribution < -0.4 is 11.1 Å². The Morgan fingerprint density at radius 2 is 1.95 bits per heavy atom. The van der Waals surface area contributed by atoms with Gasteiger partial charge in [0.1, 0.15) is 11.6 Å². The quantitative estimate of drug-likeness (QED) is 0.872. The summed E-state index contributed by atoms with van der Waals surface area (Å²) in [4.78, 5) is 12.3. The molecule has 3 rings (SSSR count). The lowest BCUT2D eigenvalue weighted by molar-refractivity contribution is -0.124. The monoisotopic (exact) mass is 330 g/mol. The number of nitrogens with two attached hydrogens (primary N) is 1. The largest absolute Gasteiger partial charge is 0.349 e. The molecular formula is C16H21ClF2N2O. The van der Waals surface area contributed by atoms with E-state index in [1.165, 1.54) is 18.2 Å². The minimum absolute atomic E-state index is 0. The van der Waals surface area contributed by atoms with E-state index in [0.717, 1.165) is 12.8 Å². The molecule has 1 aromatic rings. The van der Waals surface area contributed by atoms with Crippen molar-refractivity contribution in [3.05, 3.63) is 35.4 Å². The maximum absolute atomic E-state index is 13.7. The molecule has 3 nitrogen and oxygen atoms in total. The van der Waals surface area contributed by atoms with Crippen molar-refractivity contribution in [3.8, 4) is 0 Å². The third kappa shape index (κ3) is 3.10. The van der Waals surface area contributed by atoms with Crippen LogP contribution in [0.2, 0.25) is 0 Å². The molecule has 3 unspecified atom stereocenters. The van der Waals surface area contributed by atoms with Crippen molar-refractivity contribution in [1.82, 2.24) is 5.32 Å². The average molecular weight is 331 g/mol. The summed E-state index contributed by atoms with van der Waals surface area (Å²) in [5, 5.41) is 3.00. The van der Waals surface area contributed by atoms with Gasteiger partial charge in [-0.05, 0) is 44.2 Å². The number of amides is 1. The molecule has 2 saturated carbocycles. The van der Waals surface area contributed by atoms with Gasteiger partial charge in [0.15, 0.2) is 0 Å². The van der Waals surface area contributed by atoms with Crippen molar-refractivity contribution in [3.63, 3.8) is 0 Å². The third-order valence-electron chi connectivity index (χ3n) is 4.81. The molecule has 122 valence electrons. The van der Waals surface area contributed by atoms with E-state index in [2.05, 4.69) is 5.32 Å². The van der Waals surface area contributed by atoms with Crippen molar-refractivity contribution in [2.45, 2.75) is 37.6 Å². The van der Waals surface area contributed by atoms with E-state index in [0.29, 0.717) is 18.9 Å². The second-order valence-electron chi connectivity index (χ2n) is 6.47. The summed E-state index contributed by atoms with van der Waals surface area (Å²) < 4.78 is 27.5. The van der Waals surface area contributed by atoms with E-state index in [-0.39, 0.29) is 35.7 Å². The molecule has 0 heterocycles. The zero-order valence-corrected chi connectivity index (χ0v) is 13.3. The first-order valence-corrected chi connectivity index (χ1v) is 7.42. The van der Waals surface area contributed by atoms with Crippen LogP contribution in [0.4, 0.5) is 8.78 Å². The van der Waals surface area contributed by atoms with Crippen LogP contribution in [0.1, 0.15) is 37.7 Å². The van der Waals surface area contributed by atoms with Gasteiger partial charge in [-0.1, -0.05) is 6.07 Å². The van der Waals surface area contributed by atoms with E-state index < -0.39 is 17.2 Å². The number of rotatable bonds is 5. The summed E-state index contributed by atoms with van der Waals surface area (Å²) in [6, 6.07) is 3.81. The molecule has 22 heavy (non-hydrogen) atoms. The van der Waals surface area contributed by atoms with Gasteiger partial charge in [-0.2, -0.15) is 0 Å². The molecule has 2 aliphatic carbocycles. The summed E-state index contributed by atoms with van der Waals surface area (Å²) in [7, 11) is 0. The first-order chi connectivity index (χ1) is 9.96. The Kier molecular flexibility index (Phi) is 4.78. The highest BCUT2D eigenvalue weighted by Gasteiger charge is 2.49. The Bertz CT molecular complexity index is 559. The Morgan fingerprint density at radius 3 is 2.45 bits per heavy atom. The smallest absolute Gasteiger partial charge is 0.224 e. The lowest BCUT2D eigenvalue weighted by Crippen LogP contribution is -2.53. The summed E-state index contributed by atoms with van der Waals surface area (Å²) in [5.41, 5.74) is 5.43. The second-order valence-corrected chi connectivity index (χ2v) is 6.47. The van der Waals surface area contributed by atoms with Gasteiger partial charge in [-0.3, -0.25) is 4.79 Å². The molecule has 0 saturated heterocycles. The van der Waals surface area contributed by atoms with Crippen molar-refractivity contribution < 1.29 is 13.6 Å². The number of halogens is 3. The SMILES string of the molecule is CC(CN)(NC(=O)C1CC1c1c(F)cccc1F)C1CC1.Cl. The van der Waals surface area contributed by atoms with Crippen LogP contribution in [0.25, 0.3) is 0 Å². The predicted octanol–water partition coefficient (Wildman–Crippen LogP) is 2.73. The fraction of sp³-hybridized carbons (Fsp3) is 0.562. The second kappa shape index (κ2) is 6.13. The molecular weight excluding hydrogens is 310 g/mol. The molecule has 3 atom stereocenters. The fourth-order valence-corrected chi connectivity index (χ4v) is 3.08. The molecule has 2 fully saturated rings. The third-order valence-corrected chi connectivity index (χ3v) is 4.81. The Morgan fingerprint density at radius 1 is 1.36 bits per heavy atom. The standard InChI is InChI=1S/C16H20F2N2O.ClH/c1-16(8-19,9-5-6-9)20-15(21)11-7-10(11)14-12(17)3-2-4-13(14)18;/h2-4,9-11H,5-8,19H2,1H3,(H,20,21);1H. The van der Waals surface area contributed by atoms with Crippen molar-refractivity contribution in [2.24, 2.45) is 17.6 Å². The van der Waals surface area contributed by atoms with Crippen LogP contribution in [0, 0.1) is 23.5 Å². The summed E-state index contributed by atoms with van der Waals surface area (Å²) in [5.74, 6) is -1.55. The number of nitrogens with one attached hydrogen (secondary N) is 1. The Balaban J connectivity index is 0.00000176. The lowest BCUT2D eigenvalue weighted by Gasteiger charge is -2.29. The van der Waals surface area contributed by atoms with Crippen LogP contribution in [-0.4, -0.2) is 18.0 Å². The summed E-state index contributed by atoms with van der Waals surface area (Å²) >= 11 is 0. The molecule has 0 aromatic heterocycles. The van der Waals surface area contributed by atoms with Gasteiger partial charge in [0, 0.05) is 23.9 Å². The Labute approximate surface area is 135 Å². The van der Waals surface area contributed by atoms with Crippen molar-refractivity contribution in [2.75, 3.05) is 6.54 Å². The zero-order chi connectivity index (χ0) is 15.2. The maximum atomic E-state index is 13.7. The highest BCUT2D eigenvalue weighted by atomic mass is 35.5. The van der Waals surface area contributed by atoms with E-state index in [4.69, 9.17) is 5.73 Å². The molecule has 1 amide bonds. The fourth-order valence-electron chi connectivity index (χ4n) is 3.08. The van der Waals surface area contributed by atoms with Gasteiger partial charge >= 0.3 is 0 Å². The first-order valence-electron chi connectivity index (χ1n) is 7.42. The van der Waals surface area contributed by atoms with Gasteiger partial charge in [-0.15, -0.1) is 12.4 Å². The average Bonchev–Trinajstić information content (AvgIpc) is 3.30. The molecule has 0 radical (unpaired) electrons. The lowest BCUT2D eigenvalue weighted by atomic mass is 9.95. The number of benzene rings is 1. The van der Waals surface area contributed by atoms with E-state index in [1.54, 1.807) is 0 Å². The highest BCUT2D eigenvalue weighted by Crippen LogP contribution is 2.50. The van der Waals surface area contributed by atoms with Gasteiger partial charge < -0.3 is 11.1 Å². The van der Waals surface area contributed by atoms with Gasteiger partial charge in [0.05, 0.1) is 5.54 Å². The van der Waals surface area contributed by atoms with Gasteiger partial charge in [0.25, 0.3) is 0 Å². The topological polar surface area (TPSA) is 55.1 Å². The number of hydrogen-bond donors (Lipinski definition) is 2. The van der Waals surface area contributed by atoms with E-state index >= 15 is 0 Å². The summed E-state index contributed by atoms with van der Waals surface area (Å²) in [6.45, 7) is 2.33. The van der Waals surface area contributed by atoms with E-state index in [9.17, 15) is 13.6 Å². The van der Waals surface area contributed by atoms with Gasteiger partial charge in [0.2, 0.25) is 5.91 Å². The van der Waals surface area contributed by atoms with E-state index in [1.807, 2.05) is 6.92 Å². The normalized spacial score (nSPS) is 25.8. The summed E-state index contributed by atoms with van der Waals surface area (Å²) in [6.07, 6.45) is 2.64. The molecule has 0 aliphatic heterocycles. The number of hydrogen-bond acceptors (Lipinski definition) is 2. The van der Waals surface area contributed by atoms with Crippen LogP contribution in [0.5, 0.6) is 0 Å². The number of carbonyl (C=O) groups excluding carboxylic acids is 1. The van der Waals surface area contributed by atoms with Crippen LogP contribution >= 0.6 is 12.4 Å². The zero-order valence-electron chi connectivity index (χ0n) is 12.4. The minimum atomic E-state index is -0.570. The van der Waals surface area contributed by atoms with Crippen molar-refractivity contribution in [1.29, 1.82) is 0 Å². The highest BCUT2D eigenvalue weighted by molar-refractivity contribution is 5.85. The van der Waals surface area contributed by atoms with Crippen molar-refractivity contribution >= 4 is 18.3 Å². The molecule has 0 bridgehead atoms. The predicted molar refractivity (Wildman–Crippen MR) is 82.8 cm³/mol. The Hall–Kier alpha value is -1.20. The molecule has 0 spiro atoms. The number of carbonyl (C=O) groups is 1. The molecule has 3 N–H and O–H groups in total. The van der Waals surface area contributed by atoms with Crippen LogP contribution in [0.3, 0.4) is 0 Å².